The summed E-state index contributed by atoms with van der Waals surface area (Å²) in [5.41, 5.74) is 0.213. The van der Waals surface area contributed by atoms with Gasteiger partial charge >= 0.3 is 0 Å². The Kier molecular flexibility index (Phi) is 5.70. The average molecular weight is 267 g/mol. The van der Waals surface area contributed by atoms with E-state index in [2.05, 4.69) is 18.7 Å². The van der Waals surface area contributed by atoms with Crippen LogP contribution in [0.2, 0.25) is 0 Å². The molecular formula is C17H33NO. The lowest BCUT2D eigenvalue weighted by Gasteiger charge is -2.43. The highest BCUT2D eigenvalue weighted by Crippen LogP contribution is 2.40. The van der Waals surface area contributed by atoms with Crippen molar-refractivity contribution in [3.8, 4) is 0 Å². The van der Waals surface area contributed by atoms with Crippen LogP contribution in [0.3, 0.4) is 0 Å². The van der Waals surface area contributed by atoms with Crippen LogP contribution in [0.15, 0.2) is 0 Å². The Hall–Kier alpha value is -0.0800. The van der Waals surface area contributed by atoms with Gasteiger partial charge in [-0.1, -0.05) is 39.5 Å². The molecule has 0 spiro atoms. The summed E-state index contributed by atoms with van der Waals surface area (Å²) in [7, 11) is 0. The molecule has 19 heavy (non-hydrogen) atoms. The summed E-state index contributed by atoms with van der Waals surface area (Å²) in [6.07, 6.45) is 11.9. The van der Waals surface area contributed by atoms with Crippen molar-refractivity contribution >= 4 is 0 Å². The molecule has 0 aromatic rings. The minimum absolute atomic E-state index is 0.213. The molecule has 1 unspecified atom stereocenters. The standard InChI is InChI=1S/C17H33NO/c1-3-16-7-5-4-6-12-18(16)13-17(14-19)10-8-15(2)9-11-17/h15-16,19H,3-14H2,1-2H3. The molecule has 1 atom stereocenters. The second-order valence-electron chi connectivity index (χ2n) is 7.22. The van der Waals surface area contributed by atoms with Gasteiger partial charge in [0.2, 0.25) is 0 Å². The molecule has 2 fully saturated rings. The summed E-state index contributed by atoms with van der Waals surface area (Å²) in [6, 6.07) is 0.769. The number of rotatable bonds is 4. The summed E-state index contributed by atoms with van der Waals surface area (Å²) in [5, 5.41) is 9.96. The largest absolute Gasteiger partial charge is 0.396 e. The van der Waals surface area contributed by atoms with Crippen LogP contribution in [0.1, 0.15) is 71.6 Å². The molecule has 2 nitrogen and oxygen atoms in total. The van der Waals surface area contributed by atoms with Gasteiger partial charge in [0.1, 0.15) is 0 Å². The monoisotopic (exact) mass is 267 g/mol. The molecule has 0 aromatic carbocycles. The predicted octanol–water partition coefficient (Wildman–Crippen LogP) is 3.83. The van der Waals surface area contributed by atoms with Gasteiger partial charge < -0.3 is 5.11 Å². The Morgan fingerprint density at radius 1 is 1.11 bits per heavy atom. The van der Waals surface area contributed by atoms with Crippen molar-refractivity contribution in [2.75, 3.05) is 19.7 Å². The maximum atomic E-state index is 9.96. The van der Waals surface area contributed by atoms with Crippen molar-refractivity contribution in [1.82, 2.24) is 4.90 Å². The SMILES string of the molecule is CCC1CCCCCN1CC1(CO)CCC(C)CC1. The van der Waals surface area contributed by atoms with Crippen LogP contribution in [-0.2, 0) is 0 Å². The lowest BCUT2D eigenvalue weighted by atomic mass is 9.71. The molecule has 2 aliphatic rings. The van der Waals surface area contributed by atoms with E-state index in [4.69, 9.17) is 0 Å². The molecule has 1 N–H and O–H groups in total. The Balaban J connectivity index is 1.99. The fourth-order valence-electron chi connectivity index (χ4n) is 4.08. The predicted molar refractivity (Wildman–Crippen MR) is 81.3 cm³/mol. The molecule has 1 saturated carbocycles. The van der Waals surface area contributed by atoms with Gasteiger partial charge in [0.15, 0.2) is 0 Å². The summed E-state index contributed by atoms with van der Waals surface area (Å²) in [4.78, 5) is 2.72. The number of likely N-dealkylation sites (tertiary alicyclic amines) is 1. The molecule has 2 rings (SSSR count). The number of nitrogens with zero attached hydrogens (tertiary/aromatic N) is 1. The number of aliphatic hydroxyl groups excluding tert-OH is 1. The van der Waals surface area contributed by atoms with E-state index >= 15 is 0 Å². The molecule has 0 aromatic heterocycles. The maximum absolute atomic E-state index is 9.96. The lowest BCUT2D eigenvalue weighted by molar-refractivity contribution is 0.0156. The molecule has 2 heteroatoms. The molecule has 1 saturated heterocycles. The van der Waals surface area contributed by atoms with E-state index in [0.29, 0.717) is 6.61 Å². The van der Waals surface area contributed by atoms with Crippen molar-refractivity contribution in [2.45, 2.75) is 77.7 Å². The highest BCUT2D eigenvalue weighted by molar-refractivity contribution is 4.89. The van der Waals surface area contributed by atoms with E-state index in [0.717, 1.165) is 18.5 Å². The van der Waals surface area contributed by atoms with Crippen LogP contribution in [0, 0.1) is 11.3 Å². The van der Waals surface area contributed by atoms with Crippen LogP contribution in [0.5, 0.6) is 0 Å². The molecule has 0 bridgehead atoms. The quantitative estimate of drug-likeness (QED) is 0.837. The normalized spacial score (nSPS) is 38.1. The highest BCUT2D eigenvalue weighted by atomic mass is 16.3. The van der Waals surface area contributed by atoms with Crippen molar-refractivity contribution in [1.29, 1.82) is 0 Å². The maximum Gasteiger partial charge on any atom is 0.0499 e. The molecule has 1 heterocycles. The van der Waals surface area contributed by atoms with Crippen LogP contribution in [0.25, 0.3) is 0 Å². The van der Waals surface area contributed by atoms with E-state index in [-0.39, 0.29) is 5.41 Å². The zero-order valence-electron chi connectivity index (χ0n) is 13.0. The molecule has 112 valence electrons. The Labute approximate surface area is 119 Å². The molecule has 0 amide bonds. The molecule has 1 aliphatic carbocycles. The number of aliphatic hydroxyl groups is 1. The van der Waals surface area contributed by atoms with Crippen LogP contribution >= 0.6 is 0 Å². The first-order valence-corrected chi connectivity index (χ1v) is 8.54. The van der Waals surface area contributed by atoms with Gasteiger partial charge in [0.25, 0.3) is 0 Å². The average Bonchev–Trinajstić information content (AvgIpc) is 2.66. The van der Waals surface area contributed by atoms with Crippen molar-refractivity contribution in [3.05, 3.63) is 0 Å². The highest BCUT2D eigenvalue weighted by Gasteiger charge is 2.36. The van der Waals surface area contributed by atoms with Crippen LogP contribution in [-0.4, -0.2) is 35.7 Å². The minimum Gasteiger partial charge on any atom is -0.396 e. The third kappa shape index (κ3) is 3.95. The molecule has 1 aliphatic heterocycles. The summed E-state index contributed by atoms with van der Waals surface area (Å²) >= 11 is 0. The fourth-order valence-corrected chi connectivity index (χ4v) is 4.08. The first-order valence-electron chi connectivity index (χ1n) is 8.54. The zero-order valence-corrected chi connectivity index (χ0v) is 13.0. The first kappa shape index (κ1) is 15.3. The van der Waals surface area contributed by atoms with Gasteiger partial charge in [-0.3, -0.25) is 4.90 Å². The number of hydrogen-bond acceptors (Lipinski definition) is 2. The van der Waals surface area contributed by atoms with E-state index in [1.54, 1.807) is 0 Å². The zero-order chi connectivity index (χ0) is 13.7. The Morgan fingerprint density at radius 2 is 1.84 bits per heavy atom. The fraction of sp³-hybridized carbons (Fsp3) is 1.00. The minimum atomic E-state index is 0.213. The van der Waals surface area contributed by atoms with Crippen molar-refractivity contribution in [2.24, 2.45) is 11.3 Å². The van der Waals surface area contributed by atoms with E-state index in [1.165, 1.54) is 64.3 Å². The van der Waals surface area contributed by atoms with Gasteiger partial charge in [0.05, 0.1) is 0 Å². The Morgan fingerprint density at radius 3 is 2.47 bits per heavy atom. The van der Waals surface area contributed by atoms with Crippen LogP contribution < -0.4 is 0 Å². The van der Waals surface area contributed by atoms with Crippen molar-refractivity contribution in [3.63, 3.8) is 0 Å². The molecular weight excluding hydrogens is 234 g/mol. The van der Waals surface area contributed by atoms with Gasteiger partial charge in [-0.15, -0.1) is 0 Å². The Bertz CT molecular complexity index is 258. The van der Waals surface area contributed by atoms with Gasteiger partial charge in [-0.25, -0.2) is 0 Å². The number of hydrogen-bond donors (Lipinski definition) is 1. The second kappa shape index (κ2) is 7.08. The first-order chi connectivity index (χ1) is 9.19. The van der Waals surface area contributed by atoms with Gasteiger partial charge in [0, 0.05) is 24.6 Å². The smallest absolute Gasteiger partial charge is 0.0499 e. The second-order valence-corrected chi connectivity index (χ2v) is 7.22. The topological polar surface area (TPSA) is 23.5 Å². The van der Waals surface area contributed by atoms with Gasteiger partial charge in [-0.05, 0) is 44.6 Å². The summed E-state index contributed by atoms with van der Waals surface area (Å²) < 4.78 is 0. The molecule has 0 radical (unpaired) electrons. The van der Waals surface area contributed by atoms with Gasteiger partial charge in [-0.2, -0.15) is 0 Å². The van der Waals surface area contributed by atoms with E-state index in [9.17, 15) is 5.11 Å². The summed E-state index contributed by atoms with van der Waals surface area (Å²) in [5.74, 6) is 0.866. The third-order valence-electron chi connectivity index (χ3n) is 5.68. The third-order valence-corrected chi connectivity index (χ3v) is 5.68. The summed E-state index contributed by atoms with van der Waals surface area (Å²) in [6.45, 7) is 7.50. The lowest BCUT2D eigenvalue weighted by Crippen LogP contribution is -2.46. The van der Waals surface area contributed by atoms with E-state index in [1.807, 2.05) is 0 Å². The van der Waals surface area contributed by atoms with Crippen molar-refractivity contribution < 1.29 is 5.11 Å². The van der Waals surface area contributed by atoms with Crippen LogP contribution in [0.4, 0.5) is 0 Å². The van der Waals surface area contributed by atoms with E-state index < -0.39 is 0 Å².